The molecule has 0 fully saturated rings. The fourth-order valence-corrected chi connectivity index (χ4v) is 1.43. The van der Waals surface area contributed by atoms with Crippen LogP contribution in [0.15, 0.2) is 72.4 Å². The zero-order valence-corrected chi connectivity index (χ0v) is 10.7. The summed E-state index contributed by atoms with van der Waals surface area (Å²) in [5.41, 5.74) is 1.66. The minimum absolute atomic E-state index is 0.0639. The molecular weight excluding hydrogens is 222 g/mol. The second kappa shape index (κ2) is 8.07. The highest BCUT2D eigenvalue weighted by Gasteiger charge is 2.05. The highest BCUT2D eigenvalue weighted by molar-refractivity contribution is 5.96. The van der Waals surface area contributed by atoms with Gasteiger partial charge in [0.1, 0.15) is 0 Å². The summed E-state index contributed by atoms with van der Waals surface area (Å²) in [6.45, 7) is 6.16. The van der Waals surface area contributed by atoms with E-state index in [1.165, 1.54) is 0 Å². The molecule has 0 aromatic rings. The number of carbonyl (C=O) groups excluding carboxylic acids is 1. The van der Waals surface area contributed by atoms with E-state index in [0.717, 1.165) is 12.0 Å². The van der Waals surface area contributed by atoms with Gasteiger partial charge in [-0.05, 0) is 25.0 Å². The zero-order valence-electron chi connectivity index (χ0n) is 10.7. The van der Waals surface area contributed by atoms with Crippen LogP contribution in [0.4, 0.5) is 0 Å². The van der Waals surface area contributed by atoms with Crippen molar-refractivity contribution in [3.8, 4) is 0 Å². The molecule has 1 rings (SSSR count). The molecule has 0 saturated carbocycles. The van der Waals surface area contributed by atoms with Crippen LogP contribution in [0.3, 0.4) is 0 Å². The molecule has 0 aromatic carbocycles. The van der Waals surface area contributed by atoms with Crippen LogP contribution >= 0.6 is 0 Å². The lowest BCUT2D eigenvalue weighted by Crippen LogP contribution is -2.26. The molecule has 1 amide bonds. The van der Waals surface area contributed by atoms with Crippen LogP contribution in [-0.2, 0) is 4.79 Å². The summed E-state index contributed by atoms with van der Waals surface area (Å²) in [6, 6.07) is 0. The second-order valence-corrected chi connectivity index (χ2v) is 3.84. The van der Waals surface area contributed by atoms with Gasteiger partial charge in [0.15, 0.2) is 0 Å². The molecule has 0 bridgehead atoms. The van der Waals surface area contributed by atoms with Crippen molar-refractivity contribution in [3.05, 3.63) is 72.4 Å². The Labute approximate surface area is 109 Å². The third kappa shape index (κ3) is 4.83. The van der Waals surface area contributed by atoms with Crippen molar-refractivity contribution in [2.75, 3.05) is 6.54 Å². The van der Waals surface area contributed by atoms with E-state index in [0.29, 0.717) is 12.1 Å². The summed E-state index contributed by atoms with van der Waals surface area (Å²) in [6.07, 6.45) is 18.0. The van der Waals surface area contributed by atoms with Crippen molar-refractivity contribution in [3.63, 3.8) is 0 Å². The van der Waals surface area contributed by atoms with Gasteiger partial charge in [-0.25, -0.2) is 0 Å². The zero-order chi connectivity index (χ0) is 13.2. The number of carbonyl (C=O) groups is 1. The Hall–Kier alpha value is -2.09. The maximum Gasteiger partial charge on any atom is 0.251 e. The highest BCUT2D eigenvalue weighted by atomic mass is 16.1. The lowest BCUT2D eigenvalue weighted by molar-refractivity contribution is -0.117. The summed E-state index contributed by atoms with van der Waals surface area (Å²) in [5, 5.41) is 2.87. The van der Waals surface area contributed by atoms with Gasteiger partial charge in [-0.1, -0.05) is 55.2 Å². The number of rotatable bonds is 5. The van der Waals surface area contributed by atoms with Gasteiger partial charge in [-0.3, -0.25) is 4.79 Å². The van der Waals surface area contributed by atoms with Crippen LogP contribution in [0, 0.1) is 0 Å². The molecule has 0 radical (unpaired) electrons. The minimum atomic E-state index is -0.0639. The molecule has 0 heterocycles. The molecule has 0 aromatic heterocycles. The van der Waals surface area contributed by atoms with Gasteiger partial charge >= 0.3 is 0 Å². The smallest absolute Gasteiger partial charge is 0.251 e. The predicted octanol–water partition coefficient (Wildman–Crippen LogP) is 3.23. The normalized spacial score (nSPS) is 15.4. The molecule has 0 unspecified atom stereocenters. The lowest BCUT2D eigenvalue weighted by Gasteiger charge is -2.05. The minimum Gasteiger partial charge on any atom is -0.348 e. The van der Waals surface area contributed by atoms with E-state index in [1.54, 1.807) is 6.08 Å². The predicted molar refractivity (Wildman–Crippen MR) is 77.1 cm³/mol. The summed E-state index contributed by atoms with van der Waals surface area (Å²) in [7, 11) is 0. The molecule has 0 saturated heterocycles. The number of amides is 1. The van der Waals surface area contributed by atoms with Gasteiger partial charge < -0.3 is 5.32 Å². The van der Waals surface area contributed by atoms with E-state index in [1.807, 2.05) is 55.5 Å². The van der Waals surface area contributed by atoms with Crippen LogP contribution in [0.2, 0.25) is 0 Å². The van der Waals surface area contributed by atoms with Gasteiger partial charge in [0.05, 0.1) is 0 Å². The van der Waals surface area contributed by atoms with Crippen molar-refractivity contribution >= 4 is 5.91 Å². The van der Waals surface area contributed by atoms with Crippen LogP contribution in [-0.4, -0.2) is 12.5 Å². The van der Waals surface area contributed by atoms with Gasteiger partial charge in [0, 0.05) is 12.1 Å². The quantitative estimate of drug-likeness (QED) is 0.736. The Kier molecular flexibility index (Phi) is 6.26. The SMILES string of the molecule is C=C/C(=C\C=C/C)CNC(=O)C1=CC=CCC=C1. The first-order valence-corrected chi connectivity index (χ1v) is 6.03. The maximum absolute atomic E-state index is 11.9. The average Bonchev–Trinajstić information content (AvgIpc) is 2.67. The van der Waals surface area contributed by atoms with E-state index in [2.05, 4.69) is 11.9 Å². The number of nitrogens with one attached hydrogen (secondary N) is 1. The highest BCUT2D eigenvalue weighted by Crippen LogP contribution is 2.05. The monoisotopic (exact) mass is 241 g/mol. The standard InChI is InChI=1S/C16H19NO/c1-3-5-10-14(4-2)13-17-16(18)15-11-8-6-7-9-12-15/h3-6,8-12H,2,7,13H2,1H3,(H,17,18)/b5-3-,14-10+. The Morgan fingerprint density at radius 3 is 3.06 bits per heavy atom. The summed E-state index contributed by atoms with van der Waals surface area (Å²) in [5.74, 6) is -0.0639. The van der Waals surface area contributed by atoms with Crippen molar-refractivity contribution in [2.24, 2.45) is 0 Å². The number of allylic oxidation sites excluding steroid dienone is 7. The van der Waals surface area contributed by atoms with Gasteiger partial charge in [0.2, 0.25) is 0 Å². The maximum atomic E-state index is 11.9. The average molecular weight is 241 g/mol. The molecule has 2 nitrogen and oxygen atoms in total. The Bertz CT molecular complexity index is 448. The molecule has 0 aliphatic heterocycles. The van der Waals surface area contributed by atoms with Crippen LogP contribution in [0.25, 0.3) is 0 Å². The lowest BCUT2D eigenvalue weighted by atomic mass is 10.2. The van der Waals surface area contributed by atoms with Crippen molar-refractivity contribution < 1.29 is 4.79 Å². The van der Waals surface area contributed by atoms with E-state index in [9.17, 15) is 4.79 Å². The fourth-order valence-electron chi connectivity index (χ4n) is 1.43. The third-order valence-corrected chi connectivity index (χ3v) is 2.46. The summed E-state index contributed by atoms with van der Waals surface area (Å²) >= 11 is 0. The summed E-state index contributed by atoms with van der Waals surface area (Å²) < 4.78 is 0. The molecule has 1 aliphatic rings. The Morgan fingerprint density at radius 1 is 1.50 bits per heavy atom. The Balaban J connectivity index is 2.57. The fraction of sp³-hybridized carbons (Fsp3) is 0.188. The Morgan fingerprint density at radius 2 is 2.33 bits per heavy atom. The topological polar surface area (TPSA) is 29.1 Å². The molecule has 0 spiro atoms. The van der Waals surface area contributed by atoms with E-state index < -0.39 is 0 Å². The van der Waals surface area contributed by atoms with Crippen LogP contribution in [0.1, 0.15) is 13.3 Å². The van der Waals surface area contributed by atoms with E-state index in [-0.39, 0.29) is 5.91 Å². The molecule has 0 atom stereocenters. The van der Waals surface area contributed by atoms with Gasteiger partial charge in [-0.2, -0.15) is 0 Å². The van der Waals surface area contributed by atoms with Crippen molar-refractivity contribution in [1.29, 1.82) is 0 Å². The molecule has 18 heavy (non-hydrogen) atoms. The van der Waals surface area contributed by atoms with E-state index in [4.69, 9.17) is 0 Å². The van der Waals surface area contributed by atoms with Crippen molar-refractivity contribution in [1.82, 2.24) is 5.32 Å². The van der Waals surface area contributed by atoms with Crippen LogP contribution < -0.4 is 5.32 Å². The van der Waals surface area contributed by atoms with Gasteiger partial charge in [0.25, 0.3) is 5.91 Å². The summed E-state index contributed by atoms with van der Waals surface area (Å²) in [4.78, 5) is 11.9. The molecule has 94 valence electrons. The third-order valence-electron chi connectivity index (χ3n) is 2.46. The molecule has 2 heteroatoms. The van der Waals surface area contributed by atoms with E-state index >= 15 is 0 Å². The molecule has 1 aliphatic carbocycles. The molecular formula is C16H19NO. The first-order valence-electron chi connectivity index (χ1n) is 6.03. The molecule has 1 N–H and O–H groups in total. The number of hydrogen-bond acceptors (Lipinski definition) is 1. The number of hydrogen-bond donors (Lipinski definition) is 1. The second-order valence-electron chi connectivity index (χ2n) is 3.84. The largest absolute Gasteiger partial charge is 0.348 e. The van der Waals surface area contributed by atoms with Crippen LogP contribution in [0.5, 0.6) is 0 Å². The van der Waals surface area contributed by atoms with Crippen molar-refractivity contribution in [2.45, 2.75) is 13.3 Å². The first-order chi connectivity index (χ1) is 8.77. The first kappa shape index (κ1) is 14.0. The van der Waals surface area contributed by atoms with Gasteiger partial charge in [-0.15, -0.1) is 0 Å².